The number of carbonyl (C=O) groups excluding carboxylic acids is 3. The molecule has 32 heavy (non-hydrogen) atoms. The molecule has 0 unspecified atom stereocenters. The molecule has 7 heteroatoms. The number of hydrogen-bond acceptors (Lipinski definition) is 5. The molecule has 0 spiro atoms. The van der Waals surface area contributed by atoms with Gasteiger partial charge in [-0.1, -0.05) is 19.6 Å². The molecule has 0 aliphatic heterocycles. The van der Waals surface area contributed by atoms with Crippen molar-refractivity contribution >= 4 is 28.8 Å². The van der Waals surface area contributed by atoms with Crippen molar-refractivity contribution in [2.75, 3.05) is 0 Å². The second-order valence-electron chi connectivity index (χ2n) is 8.49. The van der Waals surface area contributed by atoms with Crippen LogP contribution in [0, 0.1) is 20.8 Å². The van der Waals surface area contributed by atoms with Crippen LogP contribution in [0.25, 0.3) is 11.0 Å². The van der Waals surface area contributed by atoms with E-state index in [1.54, 1.807) is 39.8 Å². The van der Waals surface area contributed by atoms with Crippen molar-refractivity contribution in [2.45, 2.75) is 54.6 Å². The predicted octanol–water partition coefficient (Wildman–Crippen LogP) is 5.02. The average molecular weight is 439 g/mol. The first-order valence-electron chi connectivity index (χ1n) is 9.90. The smallest absolute Gasteiger partial charge is 0.338 e. The van der Waals surface area contributed by atoms with Crippen molar-refractivity contribution in [3.8, 4) is 0 Å². The maximum Gasteiger partial charge on any atom is 0.338 e. The van der Waals surface area contributed by atoms with Gasteiger partial charge < -0.3 is 9.15 Å². The number of benzene rings is 2. The first-order valence-corrected chi connectivity index (χ1v) is 9.90. The molecule has 0 aliphatic carbocycles. The SMILES string of the molecule is C.Cc1cc(C(=O)OC(C)(C)C)ccc1C(=O)NNC(=O)c1cc2c(C)ccc(C)c2o1. The minimum absolute atomic E-state index is 0. The molecule has 0 saturated carbocycles. The van der Waals surface area contributed by atoms with Crippen LogP contribution in [0.4, 0.5) is 0 Å². The number of furan rings is 1. The van der Waals surface area contributed by atoms with Crippen molar-refractivity contribution in [2.24, 2.45) is 0 Å². The highest BCUT2D eigenvalue weighted by atomic mass is 16.6. The molecule has 0 radical (unpaired) electrons. The molecule has 0 saturated heterocycles. The second kappa shape index (κ2) is 9.26. The lowest BCUT2D eigenvalue weighted by atomic mass is 10.0. The van der Waals surface area contributed by atoms with Crippen molar-refractivity contribution < 1.29 is 23.5 Å². The quantitative estimate of drug-likeness (QED) is 0.442. The molecule has 170 valence electrons. The first kappa shape index (κ1) is 24.7. The Morgan fingerprint density at radius 2 is 1.47 bits per heavy atom. The highest BCUT2D eigenvalue weighted by molar-refractivity contribution is 6.01. The van der Waals surface area contributed by atoms with E-state index in [1.165, 1.54) is 12.1 Å². The van der Waals surface area contributed by atoms with Crippen molar-refractivity contribution in [1.29, 1.82) is 0 Å². The topological polar surface area (TPSA) is 97.6 Å². The molecule has 3 rings (SSSR count). The van der Waals surface area contributed by atoms with Crippen LogP contribution in [0.5, 0.6) is 0 Å². The van der Waals surface area contributed by atoms with Crippen molar-refractivity contribution in [3.63, 3.8) is 0 Å². The van der Waals surface area contributed by atoms with Crippen molar-refractivity contribution in [1.82, 2.24) is 10.9 Å². The maximum absolute atomic E-state index is 12.5. The maximum atomic E-state index is 12.5. The van der Waals surface area contributed by atoms with Crippen LogP contribution in [-0.4, -0.2) is 23.4 Å². The number of amides is 2. The highest BCUT2D eigenvalue weighted by Crippen LogP contribution is 2.25. The zero-order chi connectivity index (χ0) is 22.9. The van der Waals surface area contributed by atoms with Gasteiger partial charge in [0.05, 0.1) is 5.56 Å². The van der Waals surface area contributed by atoms with Crippen LogP contribution >= 0.6 is 0 Å². The van der Waals surface area contributed by atoms with Crippen LogP contribution in [0.2, 0.25) is 0 Å². The first-order chi connectivity index (χ1) is 14.5. The van der Waals surface area contributed by atoms with E-state index < -0.39 is 23.4 Å². The number of fused-ring (bicyclic) bond motifs is 1. The highest BCUT2D eigenvalue weighted by Gasteiger charge is 2.20. The van der Waals surface area contributed by atoms with E-state index >= 15 is 0 Å². The Labute approximate surface area is 188 Å². The van der Waals surface area contributed by atoms with Gasteiger partial charge in [0.15, 0.2) is 5.76 Å². The molecular formula is C25H30N2O5. The summed E-state index contributed by atoms with van der Waals surface area (Å²) in [4.78, 5) is 37.2. The summed E-state index contributed by atoms with van der Waals surface area (Å²) in [5.74, 6) is -1.44. The van der Waals surface area contributed by atoms with Gasteiger partial charge in [-0.15, -0.1) is 0 Å². The molecule has 2 N–H and O–H groups in total. The van der Waals surface area contributed by atoms with Gasteiger partial charge in [-0.2, -0.15) is 0 Å². The number of hydrogen-bond donors (Lipinski definition) is 2. The second-order valence-corrected chi connectivity index (χ2v) is 8.49. The third kappa shape index (κ3) is 5.35. The predicted molar refractivity (Wildman–Crippen MR) is 124 cm³/mol. The molecule has 0 aliphatic rings. The molecule has 0 bridgehead atoms. The fraction of sp³-hybridized carbons (Fsp3) is 0.320. The number of ether oxygens (including phenoxy) is 1. The minimum atomic E-state index is -0.612. The molecule has 7 nitrogen and oxygen atoms in total. The van der Waals surface area contributed by atoms with Crippen LogP contribution in [0.3, 0.4) is 0 Å². The van der Waals surface area contributed by atoms with E-state index in [0.29, 0.717) is 22.3 Å². The summed E-state index contributed by atoms with van der Waals surface area (Å²) in [6, 6.07) is 10.1. The standard InChI is InChI=1S/C24H26N2O5.CH4/c1-13-7-8-14(2)20-18(13)12-19(30-20)22(28)26-25-21(27)17-10-9-16(11-15(17)3)23(29)31-24(4,5)6;/h7-12H,1-6H3,(H,25,27)(H,26,28);1H4. The van der Waals surface area contributed by atoms with Gasteiger partial charge in [0.1, 0.15) is 11.2 Å². The fourth-order valence-electron chi connectivity index (χ4n) is 3.13. The summed E-state index contributed by atoms with van der Waals surface area (Å²) in [5.41, 5.74) is 7.94. The number of hydrazine groups is 1. The Morgan fingerprint density at radius 3 is 2.06 bits per heavy atom. The minimum Gasteiger partial charge on any atom is -0.456 e. The van der Waals surface area contributed by atoms with Gasteiger partial charge in [0.2, 0.25) is 0 Å². The van der Waals surface area contributed by atoms with Crippen LogP contribution in [-0.2, 0) is 4.74 Å². The Hall–Kier alpha value is -3.61. The number of carbonyl (C=O) groups is 3. The number of rotatable bonds is 3. The largest absolute Gasteiger partial charge is 0.456 e. The lowest BCUT2D eigenvalue weighted by Gasteiger charge is -2.19. The van der Waals surface area contributed by atoms with Crippen molar-refractivity contribution in [3.05, 3.63) is 70.0 Å². The Balaban J connectivity index is 0.00000363. The monoisotopic (exact) mass is 438 g/mol. The Morgan fingerprint density at radius 1 is 0.844 bits per heavy atom. The molecule has 2 aromatic carbocycles. The summed E-state index contributed by atoms with van der Waals surface area (Å²) in [6.07, 6.45) is 0. The summed E-state index contributed by atoms with van der Waals surface area (Å²) >= 11 is 0. The van der Waals surface area contributed by atoms with Gasteiger partial charge in [-0.3, -0.25) is 20.4 Å². The van der Waals surface area contributed by atoms with E-state index in [9.17, 15) is 14.4 Å². The van der Waals surface area contributed by atoms with Gasteiger partial charge in [-0.05, 0) is 82.5 Å². The Bertz CT molecular complexity index is 1150. The van der Waals surface area contributed by atoms with Gasteiger partial charge in [0, 0.05) is 10.9 Å². The van der Waals surface area contributed by atoms with E-state index in [2.05, 4.69) is 10.9 Å². The number of nitrogens with one attached hydrogen (secondary N) is 2. The summed E-state index contributed by atoms with van der Waals surface area (Å²) in [7, 11) is 0. The van der Waals surface area contributed by atoms with Gasteiger partial charge >= 0.3 is 11.9 Å². The molecule has 1 heterocycles. The lowest BCUT2D eigenvalue weighted by molar-refractivity contribution is 0.00691. The van der Waals surface area contributed by atoms with Crippen LogP contribution in [0.15, 0.2) is 40.8 Å². The third-order valence-corrected chi connectivity index (χ3v) is 4.72. The zero-order valence-corrected chi connectivity index (χ0v) is 18.5. The number of aryl methyl sites for hydroxylation is 3. The molecule has 0 fully saturated rings. The fourth-order valence-corrected chi connectivity index (χ4v) is 3.13. The van der Waals surface area contributed by atoms with E-state index in [0.717, 1.165) is 16.5 Å². The normalized spacial score (nSPS) is 10.9. The van der Waals surface area contributed by atoms with Crippen LogP contribution < -0.4 is 10.9 Å². The molecule has 0 atom stereocenters. The third-order valence-electron chi connectivity index (χ3n) is 4.72. The van der Waals surface area contributed by atoms with Gasteiger partial charge in [0.25, 0.3) is 5.91 Å². The van der Waals surface area contributed by atoms with Crippen LogP contribution in [0.1, 0.15) is 76.2 Å². The summed E-state index contributed by atoms with van der Waals surface area (Å²) in [6.45, 7) is 10.9. The average Bonchev–Trinajstić information content (AvgIpc) is 3.14. The summed E-state index contributed by atoms with van der Waals surface area (Å²) < 4.78 is 11.0. The molecule has 1 aromatic heterocycles. The zero-order valence-electron chi connectivity index (χ0n) is 18.5. The molecular weight excluding hydrogens is 408 g/mol. The Kier molecular flexibility index (Phi) is 7.13. The number of esters is 1. The van der Waals surface area contributed by atoms with E-state index in [-0.39, 0.29) is 13.2 Å². The molecule has 3 aromatic rings. The molecule has 2 amide bonds. The summed E-state index contributed by atoms with van der Waals surface area (Å²) in [5, 5.41) is 0.852. The van der Waals surface area contributed by atoms with Gasteiger partial charge in [-0.25, -0.2) is 4.79 Å². The van der Waals surface area contributed by atoms with E-state index in [1.807, 2.05) is 26.0 Å². The lowest BCUT2D eigenvalue weighted by Crippen LogP contribution is -2.41. The van der Waals surface area contributed by atoms with E-state index in [4.69, 9.17) is 9.15 Å².